The molecule has 0 spiro atoms. The Morgan fingerprint density at radius 3 is 2.42 bits per heavy atom. The van der Waals surface area contributed by atoms with E-state index < -0.39 is 0 Å². The van der Waals surface area contributed by atoms with Crippen molar-refractivity contribution < 1.29 is 14.1 Å². The lowest BCUT2D eigenvalue weighted by Gasteiger charge is -2.21. The molecule has 5 nitrogen and oxygen atoms in total. The van der Waals surface area contributed by atoms with Crippen LogP contribution in [0.15, 0.2) is 89.8 Å². The largest absolute Gasteiger partial charge is 0.489 e. The zero-order valence-electron chi connectivity index (χ0n) is 19.4. The maximum atomic E-state index is 12.8. The molecule has 0 bridgehead atoms. The van der Waals surface area contributed by atoms with Crippen molar-refractivity contribution in [3.05, 3.63) is 107 Å². The van der Waals surface area contributed by atoms with Crippen LogP contribution in [-0.4, -0.2) is 11.1 Å². The Morgan fingerprint density at radius 2 is 1.85 bits per heavy atom. The zero-order valence-corrected chi connectivity index (χ0v) is 20.1. The summed E-state index contributed by atoms with van der Waals surface area (Å²) in [5.41, 5.74) is 3.66. The summed E-state index contributed by atoms with van der Waals surface area (Å²) in [6.45, 7) is 10.3. The molecule has 0 saturated carbocycles. The van der Waals surface area contributed by atoms with Crippen molar-refractivity contribution >= 4 is 17.5 Å². The number of allylic oxidation sites excluding steroid dienone is 1. The van der Waals surface area contributed by atoms with Crippen LogP contribution in [0.5, 0.6) is 5.75 Å². The first-order valence-corrected chi connectivity index (χ1v) is 11.4. The summed E-state index contributed by atoms with van der Waals surface area (Å²) in [7, 11) is 0. The highest BCUT2D eigenvalue weighted by Gasteiger charge is 2.17. The lowest BCUT2D eigenvalue weighted by molar-refractivity contribution is -0.120. The second-order valence-electron chi connectivity index (χ2n) is 7.01. The van der Waals surface area contributed by atoms with Crippen LogP contribution in [0.2, 0.25) is 5.02 Å². The summed E-state index contributed by atoms with van der Waals surface area (Å²) in [5, 5.41) is 7.42. The minimum atomic E-state index is -0.284. The highest BCUT2D eigenvalue weighted by molar-refractivity contribution is 6.30. The molecule has 1 atom stereocenters. The summed E-state index contributed by atoms with van der Waals surface area (Å²) >= 11 is 6.03. The number of amides is 1. The first kappa shape index (κ1) is 25.9. The minimum absolute atomic E-state index is 0.0815. The lowest BCUT2D eigenvalue weighted by Crippen LogP contribution is -2.30. The van der Waals surface area contributed by atoms with Gasteiger partial charge in [-0.1, -0.05) is 80.5 Å². The Bertz CT molecular complexity index is 1010. The molecule has 2 aromatic carbocycles. The fourth-order valence-corrected chi connectivity index (χ4v) is 3.26. The maximum Gasteiger partial charge on any atom is 0.225 e. The fraction of sp³-hybridized carbons (Fsp3) is 0.259. The topological polar surface area (TPSA) is 64.4 Å². The monoisotopic (exact) mass is 466 g/mol. The average Bonchev–Trinajstić information content (AvgIpc) is 3.36. The number of hydrogen-bond acceptors (Lipinski definition) is 4. The van der Waals surface area contributed by atoms with Gasteiger partial charge in [-0.15, -0.1) is 0 Å². The molecule has 3 rings (SSSR count). The van der Waals surface area contributed by atoms with Crippen molar-refractivity contribution in [1.29, 1.82) is 0 Å². The molecule has 0 aliphatic carbocycles. The van der Waals surface area contributed by atoms with E-state index in [-0.39, 0.29) is 18.4 Å². The summed E-state index contributed by atoms with van der Waals surface area (Å²) in [6.07, 6.45) is 8.10. The highest BCUT2D eigenvalue weighted by Crippen LogP contribution is 2.25. The maximum absolute atomic E-state index is 12.8. The molecular weight excluding hydrogens is 436 g/mol. The molecule has 174 valence electrons. The van der Waals surface area contributed by atoms with Crippen LogP contribution in [0.4, 0.5) is 0 Å². The van der Waals surface area contributed by atoms with Crippen molar-refractivity contribution in [3.63, 3.8) is 0 Å². The predicted octanol–water partition coefficient (Wildman–Crippen LogP) is 6.86. The number of carbonyl (C=O) groups excluding carboxylic acids is 1. The number of nitrogens with one attached hydrogen (secondary N) is 1. The van der Waals surface area contributed by atoms with Crippen LogP contribution in [0.25, 0.3) is 0 Å². The van der Waals surface area contributed by atoms with Gasteiger partial charge in [0.2, 0.25) is 5.91 Å². The van der Waals surface area contributed by atoms with Crippen LogP contribution >= 0.6 is 11.6 Å². The molecular formula is C27H31ClN2O3. The zero-order chi connectivity index (χ0) is 24.1. The fourth-order valence-electron chi connectivity index (χ4n) is 3.13. The second-order valence-corrected chi connectivity index (χ2v) is 7.45. The standard InChI is InChI=1S/C25H25ClN2O3.C2H6/c1-3-5-20(4-2)25(21-8-10-22(26)11-9-21)28-24(29)14-18-6-12-23(13-7-18)30-16-19-15-27-31-17-19;1-2/h4-13,15,17,25H,2-3,14,16H2,1H3,(H,28,29);1-2H3/b20-5+;. The molecule has 0 saturated heterocycles. The molecule has 1 unspecified atom stereocenters. The minimum Gasteiger partial charge on any atom is -0.489 e. The second kappa shape index (κ2) is 14.0. The van der Waals surface area contributed by atoms with Crippen LogP contribution < -0.4 is 10.1 Å². The van der Waals surface area contributed by atoms with E-state index in [0.717, 1.165) is 28.7 Å². The number of hydrogen-bond donors (Lipinski definition) is 1. The van der Waals surface area contributed by atoms with Gasteiger partial charge in [0, 0.05) is 10.6 Å². The molecule has 1 heterocycles. The van der Waals surface area contributed by atoms with Crippen molar-refractivity contribution in [3.8, 4) is 5.75 Å². The van der Waals surface area contributed by atoms with E-state index >= 15 is 0 Å². The van der Waals surface area contributed by atoms with Gasteiger partial charge in [0.1, 0.15) is 18.6 Å². The van der Waals surface area contributed by atoms with Crippen LogP contribution in [0, 0.1) is 0 Å². The molecule has 0 aliphatic heterocycles. The van der Waals surface area contributed by atoms with Crippen molar-refractivity contribution in [1.82, 2.24) is 10.5 Å². The Labute approximate surface area is 201 Å². The van der Waals surface area contributed by atoms with Crippen molar-refractivity contribution in [2.75, 3.05) is 0 Å². The van der Waals surface area contributed by atoms with E-state index in [9.17, 15) is 4.79 Å². The van der Waals surface area contributed by atoms with Crippen molar-refractivity contribution in [2.24, 2.45) is 0 Å². The van der Waals surface area contributed by atoms with E-state index in [1.807, 2.05) is 62.4 Å². The van der Waals surface area contributed by atoms with Gasteiger partial charge in [0.05, 0.1) is 18.7 Å². The molecule has 0 aliphatic rings. The van der Waals surface area contributed by atoms with E-state index in [4.69, 9.17) is 20.9 Å². The Balaban J connectivity index is 0.00000187. The summed E-state index contributed by atoms with van der Waals surface area (Å²) < 4.78 is 10.5. The Hall–Kier alpha value is -3.31. The third-order valence-electron chi connectivity index (χ3n) is 4.69. The van der Waals surface area contributed by atoms with Gasteiger partial charge in [-0.25, -0.2) is 0 Å². The summed E-state index contributed by atoms with van der Waals surface area (Å²) in [6, 6.07) is 14.7. The number of benzene rings is 2. The van der Waals surface area contributed by atoms with Gasteiger partial charge in [-0.2, -0.15) is 0 Å². The van der Waals surface area contributed by atoms with Gasteiger partial charge >= 0.3 is 0 Å². The number of aromatic nitrogens is 1. The molecule has 6 heteroatoms. The molecule has 3 aromatic rings. The number of rotatable bonds is 10. The third-order valence-corrected chi connectivity index (χ3v) is 4.95. The molecule has 1 amide bonds. The summed E-state index contributed by atoms with van der Waals surface area (Å²) in [4.78, 5) is 12.8. The Morgan fingerprint density at radius 1 is 1.15 bits per heavy atom. The number of halogens is 1. The van der Waals surface area contributed by atoms with Crippen LogP contribution in [0.1, 0.15) is 49.9 Å². The van der Waals surface area contributed by atoms with Gasteiger partial charge < -0.3 is 14.6 Å². The lowest BCUT2D eigenvalue weighted by atomic mass is 9.97. The first-order chi connectivity index (χ1) is 16.1. The molecule has 1 N–H and O–H groups in total. The van der Waals surface area contributed by atoms with Crippen molar-refractivity contribution in [2.45, 2.75) is 46.3 Å². The predicted molar refractivity (Wildman–Crippen MR) is 133 cm³/mol. The van der Waals surface area contributed by atoms with Gasteiger partial charge in [-0.3, -0.25) is 4.79 Å². The quantitative estimate of drug-likeness (QED) is 0.331. The van der Waals surface area contributed by atoms with E-state index in [1.54, 1.807) is 18.5 Å². The van der Waals surface area contributed by atoms with Crippen LogP contribution in [-0.2, 0) is 17.8 Å². The molecule has 33 heavy (non-hydrogen) atoms. The van der Waals surface area contributed by atoms with E-state index in [0.29, 0.717) is 17.4 Å². The van der Waals surface area contributed by atoms with E-state index in [1.165, 1.54) is 0 Å². The molecule has 0 radical (unpaired) electrons. The third kappa shape index (κ3) is 8.28. The smallest absolute Gasteiger partial charge is 0.225 e. The first-order valence-electron chi connectivity index (χ1n) is 11.1. The molecule has 1 aromatic heterocycles. The van der Waals surface area contributed by atoms with Gasteiger partial charge in [0.25, 0.3) is 0 Å². The van der Waals surface area contributed by atoms with Gasteiger partial charge in [-0.05, 0) is 47.4 Å². The Kier molecular flexibility index (Phi) is 11.0. The SMILES string of the molecule is C=C/C(=C\CC)C(NC(=O)Cc1ccc(OCc2cnoc2)cc1)c1ccc(Cl)cc1.CC. The van der Waals surface area contributed by atoms with Crippen LogP contribution in [0.3, 0.4) is 0 Å². The van der Waals surface area contributed by atoms with E-state index in [2.05, 4.69) is 30.1 Å². The highest BCUT2D eigenvalue weighted by atomic mass is 35.5. The normalized spacial score (nSPS) is 11.7. The van der Waals surface area contributed by atoms with Gasteiger partial charge in [0.15, 0.2) is 0 Å². The average molecular weight is 467 g/mol. The number of nitrogens with zero attached hydrogens (tertiary/aromatic N) is 1. The molecule has 0 fully saturated rings. The summed E-state index contributed by atoms with van der Waals surface area (Å²) in [5.74, 6) is 0.631. The number of ether oxygens (including phenoxy) is 1. The number of carbonyl (C=O) groups is 1.